The highest BCUT2D eigenvalue weighted by Gasteiger charge is 2.37. The normalized spacial score (nSPS) is 21.1. The van der Waals surface area contributed by atoms with Crippen LogP contribution in [0.1, 0.15) is 64.8 Å². The summed E-state index contributed by atoms with van der Waals surface area (Å²) in [5.74, 6) is 0.430. The average molecular weight is 611 g/mol. The lowest BCUT2D eigenvalue weighted by atomic mass is 9.92. The number of aliphatic carboxylic acids is 1. The number of carbonyl (C=O) groups is 1. The Balaban J connectivity index is 1.55. The molecule has 1 fully saturated rings. The van der Waals surface area contributed by atoms with E-state index in [-0.39, 0.29) is 11.7 Å². The molecule has 7 rings (SSSR count). The number of carboxylic acids is 1. The van der Waals surface area contributed by atoms with Crippen molar-refractivity contribution in [3.8, 4) is 28.1 Å². The second kappa shape index (κ2) is 11.9. The smallest absolute Gasteiger partial charge is 0.337 e. The fourth-order valence-electron chi connectivity index (χ4n) is 6.18. The van der Waals surface area contributed by atoms with Crippen molar-refractivity contribution in [2.75, 3.05) is 24.6 Å². The van der Waals surface area contributed by atoms with E-state index < -0.39 is 17.7 Å². The molecule has 4 aromatic rings. The van der Waals surface area contributed by atoms with E-state index in [4.69, 9.17) is 24.3 Å². The zero-order valence-electron chi connectivity index (χ0n) is 26.9. The molecule has 0 unspecified atom stereocenters. The molecule has 1 saturated heterocycles. The number of piperidine rings is 1. The molecule has 2 aromatic carbocycles. The van der Waals surface area contributed by atoms with Crippen LogP contribution in [0.25, 0.3) is 28.0 Å². The third-order valence-electron chi connectivity index (χ3n) is 8.49. The van der Waals surface area contributed by atoms with Gasteiger partial charge in [0.2, 0.25) is 0 Å². The lowest BCUT2D eigenvalue weighted by Crippen LogP contribution is -2.45. The minimum absolute atomic E-state index is 0.143. The molecule has 0 radical (unpaired) electrons. The minimum Gasteiger partial charge on any atom is -0.486 e. The number of aryl methyl sites for hydroxylation is 1. The van der Waals surface area contributed by atoms with E-state index in [1.807, 2.05) is 83.2 Å². The summed E-state index contributed by atoms with van der Waals surface area (Å²) in [6.45, 7) is 13.4. The van der Waals surface area contributed by atoms with Gasteiger partial charge in [-0.05, 0) is 78.2 Å². The highest BCUT2D eigenvalue weighted by atomic mass is 16.5. The van der Waals surface area contributed by atoms with E-state index in [9.17, 15) is 9.90 Å². The Morgan fingerprint density at radius 1 is 1.09 bits per heavy atom. The number of carboxylic acid groups (broad SMARTS) is 1. The summed E-state index contributed by atoms with van der Waals surface area (Å²) < 4.78 is 20.8. The van der Waals surface area contributed by atoms with Crippen LogP contribution in [0.2, 0.25) is 0 Å². The zero-order chi connectivity index (χ0) is 31.9. The van der Waals surface area contributed by atoms with E-state index in [1.54, 1.807) is 4.52 Å². The van der Waals surface area contributed by atoms with Gasteiger partial charge in [-0.15, -0.1) is 0 Å². The van der Waals surface area contributed by atoms with Crippen molar-refractivity contribution in [3.63, 3.8) is 0 Å². The molecule has 9 heteroatoms. The molecule has 9 nitrogen and oxygen atoms in total. The Bertz CT molecular complexity index is 1750. The number of hydrogen-bond acceptors (Lipinski definition) is 7. The Hall–Kier alpha value is -4.21. The molecular formula is C36H42N4O5. The van der Waals surface area contributed by atoms with Gasteiger partial charge in [-0.25, -0.2) is 9.78 Å². The van der Waals surface area contributed by atoms with Gasteiger partial charge >= 0.3 is 5.97 Å². The van der Waals surface area contributed by atoms with Gasteiger partial charge < -0.3 is 24.2 Å². The standard InChI is InChI=1S/C36H42N4O5/c1-23-11-10-20-43-36(6)16-18-39(19-17-36)33-31(32(34(41)42)45-35(3,4)5)24(2)37-30-22-28(38-40(30)33)26-13-9-12-25(21-26)27-14-7-8-15-29(27)44-23/h7-15,21-23,32H,16-20H2,1-6H3,(H,41,42)/t23-,32-/m0/s1. The molecule has 0 aliphatic carbocycles. The van der Waals surface area contributed by atoms with Crippen molar-refractivity contribution >= 4 is 17.4 Å². The summed E-state index contributed by atoms with van der Waals surface area (Å²) in [4.78, 5) is 19.9. The Morgan fingerprint density at radius 2 is 1.82 bits per heavy atom. The molecule has 0 spiro atoms. The van der Waals surface area contributed by atoms with Crippen LogP contribution in [0.5, 0.6) is 5.75 Å². The predicted molar refractivity (Wildman–Crippen MR) is 175 cm³/mol. The molecule has 45 heavy (non-hydrogen) atoms. The fourth-order valence-corrected chi connectivity index (χ4v) is 6.18. The number of aromatic nitrogens is 3. The molecule has 3 aliphatic rings. The van der Waals surface area contributed by atoms with Gasteiger partial charge in [-0.3, -0.25) is 0 Å². The van der Waals surface area contributed by atoms with E-state index in [0.717, 1.165) is 41.0 Å². The number of anilines is 1. The maximum absolute atomic E-state index is 12.8. The summed E-state index contributed by atoms with van der Waals surface area (Å²) in [5.41, 5.74) is 4.39. The van der Waals surface area contributed by atoms with Gasteiger partial charge in [-0.2, -0.15) is 9.61 Å². The van der Waals surface area contributed by atoms with Crippen molar-refractivity contribution < 1.29 is 24.1 Å². The SMILES string of the molecule is Cc1nc2cc3nn2c(c1[C@H](OC(C)(C)C)C(=O)O)N1CCC(C)(CC1)OCC=C[C@H](C)Oc1ccccc1-c1cccc-3c1. The Kier molecular flexibility index (Phi) is 8.18. The lowest BCUT2D eigenvalue weighted by Gasteiger charge is -2.41. The largest absolute Gasteiger partial charge is 0.486 e. The average Bonchev–Trinajstić information content (AvgIpc) is 3.41. The maximum atomic E-state index is 12.8. The highest BCUT2D eigenvalue weighted by molar-refractivity contribution is 5.80. The van der Waals surface area contributed by atoms with Crippen LogP contribution in [0.3, 0.4) is 0 Å². The first-order valence-corrected chi connectivity index (χ1v) is 15.6. The molecule has 0 amide bonds. The number of nitrogens with zero attached hydrogens (tertiary/aromatic N) is 4. The summed E-state index contributed by atoms with van der Waals surface area (Å²) >= 11 is 0. The molecular weight excluding hydrogens is 568 g/mol. The van der Waals surface area contributed by atoms with Gasteiger partial charge in [0.05, 0.1) is 29.1 Å². The quantitative estimate of drug-likeness (QED) is 0.247. The maximum Gasteiger partial charge on any atom is 0.337 e. The number of fused-ring (bicyclic) bond motifs is 6. The predicted octanol–water partition coefficient (Wildman–Crippen LogP) is 7.03. The minimum atomic E-state index is -1.22. The van der Waals surface area contributed by atoms with Crippen molar-refractivity contribution in [1.29, 1.82) is 0 Å². The number of para-hydroxylation sites is 1. The van der Waals surface area contributed by atoms with Crippen LogP contribution in [0.4, 0.5) is 5.82 Å². The summed E-state index contributed by atoms with van der Waals surface area (Å²) in [5, 5.41) is 15.5. The van der Waals surface area contributed by atoms with E-state index in [0.29, 0.717) is 42.4 Å². The van der Waals surface area contributed by atoms with Gasteiger partial charge in [0.1, 0.15) is 17.7 Å². The monoisotopic (exact) mass is 610 g/mol. The van der Waals surface area contributed by atoms with Crippen molar-refractivity contribution in [2.45, 2.75) is 77.8 Å². The van der Waals surface area contributed by atoms with Crippen molar-refractivity contribution in [3.05, 3.63) is 78.0 Å². The molecule has 3 aliphatic heterocycles. The van der Waals surface area contributed by atoms with Crippen molar-refractivity contribution in [2.24, 2.45) is 0 Å². The van der Waals surface area contributed by atoms with Crippen LogP contribution >= 0.6 is 0 Å². The topological polar surface area (TPSA) is 98.4 Å². The first kappa shape index (κ1) is 30.8. The number of benzene rings is 2. The highest BCUT2D eigenvalue weighted by Crippen LogP contribution is 2.39. The Morgan fingerprint density at radius 3 is 2.56 bits per heavy atom. The zero-order valence-corrected chi connectivity index (χ0v) is 26.9. The molecule has 2 aromatic heterocycles. The third-order valence-corrected chi connectivity index (χ3v) is 8.49. The molecule has 0 saturated carbocycles. The lowest BCUT2D eigenvalue weighted by molar-refractivity contribution is -0.160. The molecule has 1 N–H and O–H groups in total. The van der Waals surface area contributed by atoms with Gasteiger partial charge in [0, 0.05) is 36.0 Å². The number of hydrogen-bond donors (Lipinski definition) is 1. The van der Waals surface area contributed by atoms with Gasteiger partial charge in [0.15, 0.2) is 11.8 Å². The fraction of sp³-hybridized carbons (Fsp3) is 0.417. The van der Waals surface area contributed by atoms with Crippen LogP contribution in [-0.4, -0.2) is 62.7 Å². The van der Waals surface area contributed by atoms with E-state index >= 15 is 0 Å². The van der Waals surface area contributed by atoms with Gasteiger partial charge in [0.25, 0.3) is 0 Å². The molecule has 5 heterocycles. The molecule has 6 bridgehead atoms. The van der Waals surface area contributed by atoms with Crippen LogP contribution in [0, 0.1) is 6.92 Å². The summed E-state index contributed by atoms with van der Waals surface area (Å²) in [6, 6.07) is 18.2. The van der Waals surface area contributed by atoms with Crippen molar-refractivity contribution in [1.82, 2.24) is 14.6 Å². The summed E-state index contributed by atoms with van der Waals surface area (Å²) in [7, 11) is 0. The van der Waals surface area contributed by atoms with Gasteiger partial charge in [-0.1, -0.05) is 42.5 Å². The van der Waals surface area contributed by atoms with Crippen LogP contribution < -0.4 is 9.64 Å². The second-order valence-electron chi connectivity index (χ2n) is 13.3. The van der Waals surface area contributed by atoms with E-state index in [1.165, 1.54) is 0 Å². The first-order valence-electron chi connectivity index (χ1n) is 15.6. The van der Waals surface area contributed by atoms with Crippen LogP contribution in [0.15, 0.2) is 66.7 Å². The van der Waals surface area contributed by atoms with E-state index in [2.05, 4.69) is 30.0 Å². The first-order chi connectivity index (χ1) is 21.4. The van der Waals surface area contributed by atoms with Crippen LogP contribution in [-0.2, 0) is 14.3 Å². The molecule has 2 atom stereocenters. The number of ether oxygens (including phenoxy) is 3. The molecule has 236 valence electrons. The number of rotatable bonds is 3. The third kappa shape index (κ3) is 6.46. The second-order valence-corrected chi connectivity index (χ2v) is 13.3. The summed E-state index contributed by atoms with van der Waals surface area (Å²) in [6.07, 6.45) is 4.22. The Labute approximate surface area is 264 Å².